The lowest BCUT2D eigenvalue weighted by Gasteiger charge is -2.26. The summed E-state index contributed by atoms with van der Waals surface area (Å²) in [5.41, 5.74) is 0.994. The third-order valence-corrected chi connectivity index (χ3v) is 3.67. The van der Waals surface area contributed by atoms with E-state index in [9.17, 15) is 4.79 Å². The molecule has 114 valence electrons. The number of nitrogens with zero attached hydrogens (tertiary/aromatic N) is 2. The molecule has 1 aromatic rings. The highest BCUT2D eigenvalue weighted by Gasteiger charge is 2.20. The molecular formula is C15H21N3O3. The van der Waals surface area contributed by atoms with E-state index in [0.717, 1.165) is 12.2 Å². The molecule has 1 amide bonds. The highest BCUT2D eigenvalue weighted by atomic mass is 16.5. The molecule has 1 aliphatic carbocycles. The minimum Gasteiger partial charge on any atom is -0.482 e. The van der Waals surface area contributed by atoms with E-state index in [4.69, 9.17) is 9.47 Å². The second-order valence-corrected chi connectivity index (χ2v) is 5.42. The van der Waals surface area contributed by atoms with Crippen LogP contribution < -0.4 is 10.1 Å². The van der Waals surface area contributed by atoms with Crippen LogP contribution in [0.5, 0.6) is 5.75 Å². The molecule has 0 unspecified atom stereocenters. The molecule has 1 N–H and O–H groups in total. The quantitative estimate of drug-likeness (QED) is 0.830. The largest absolute Gasteiger partial charge is 0.482 e. The average Bonchev–Trinajstić information content (AvgIpc) is 3.37. The maximum atomic E-state index is 11.9. The van der Waals surface area contributed by atoms with Crippen LogP contribution in [0, 0.1) is 0 Å². The first kappa shape index (κ1) is 14.3. The Labute approximate surface area is 124 Å². The second-order valence-electron chi connectivity index (χ2n) is 5.42. The number of pyridine rings is 1. The summed E-state index contributed by atoms with van der Waals surface area (Å²) in [5.74, 6) is 0.629. The van der Waals surface area contributed by atoms with Crippen LogP contribution in [0.15, 0.2) is 18.3 Å². The number of amides is 1. The van der Waals surface area contributed by atoms with E-state index < -0.39 is 0 Å². The Morgan fingerprint density at radius 1 is 1.38 bits per heavy atom. The van der Waals surface area contributed by atoms with Crippen molar-refractivity contribution in [1.29, 1.82) is 0 Å². The molecule has 21 heavy (non-hydrogen) atoms. The fourth-order valence-electron chi connectivity index (χ4n) is 2.19. The molecule has 1 aromatic heterocycles. The van der Waals surface area contributed by atoms with Crippen molar-refractivity contribution < 1.29 is 14.3 Å². The van der Waals surface area contributed by atoms with Crippen LogP contribution in [0.25, 0.3) is 0 Å². The summed E-state index contributed by atoms with van der Waals surface area (Å²) in [5, 5.41) is 3.41. The van der Waals surface area contributed by atoms with Crippen LogP contribution in [0.2, 0.25) is 0 Å². The summed E-state index contributed by atoms with van der Waals surface area (Å²) >= 11 is 0. The molecule has 1 aliphatic heterocycles. The van der Waals surface area contributed by atoms with E-state index >= 15 is 0 Å². The molecule has 1 saturated heterocycles. The van der Waals surface area contributed by atoms with E-state index in [0.29, 0.717) is 38.1 Å². The van der Waals surface area contributed by atoms with Crippen molar-refractivity contribution in [3.05, 3.63) is 24.0 Å². The van der Waals surface area contributed by atoms with Gasteiger partial charge in [-0.15, -0.1) is 0 Å². The Kier molecular flexibility index (Phi) is 4.67. The predicted octanol–water partition coefficient (Wildman–Crippen LogP) is 0.571. The summed E-state index contributed by atoms with van der Waals surface area (Å²) in [6.45, 7) is 3.35. The topological polar surface area (TPSA) is 63.7 Å². The van der Waals surface area contributed by atoms with Crippen LogP contribution in [0.4, 0.5) is 0 Å². The lowest BCUT2D eigenvalue weighted by atomic mass is 10.3. The number of ether oxygens (including phenoxy) is 2. The normalized spacial score (nSPS) is 18.6. The zero-order chi connectivity index (χ0) is 14.5. The fourth-order valence-corrected chi connectivity index (χ4v) is 2.19. The van der Waals surface area contributed by atoms with Crippen molar-refractivity contribution >= 4 is 5.91 Å². The number of hydrogen-bond donors (Lipinski definition) is 1. The summed E-state index contributed by atoms with van der Waals surface area (Å²) in [4.78, 5) is 18.0. The molecule has 0 spiro atoms. The van der Waals surface area contributed by atoms with Crippen molar-refractivity contribution in [3.63, 3.8) is 0 Å². The van der Waals surface area contributed by atoms with Crippen molar-refractivity contribution in [1.82, 2.24) is 15.2 Å². The third kappa shape index (κ3) is 4.41. The molecule has 6 nitrogen and oxygen atoms in total. The summed E-state index contributed by atoms with van der Waals surface area (Å²) in [7, 11) is 0. The third-order valence-electron chi connectivity index (χ3n) is 3.67. The Hall–Kier alpha value is -1.66. The average molecular weight is 291 g/mol. The van der Waals surface area contributed by atoms with Gasteiger partial charge in [-0.3, -0.25) is 9.78 Å². The fraction of sp³-hybridized carbons (Fsp3) is 0.600. The van der Waals surface area contributed by atoms with E-state index in [1.807, 2.05) is 12.1 Å². The molecular weight excluding hydrogens is 270 g/mol. The van der Waals surface area contributed by atoms with Crippen LogP contribution in [-0.2, 0) is 16.1 Å². The zero-order valence-electron chi connectivity index (χ0n) is 12.1. The van der Waals surface area contributed by atoms with Gasteiger partial charge in [0.1, 0.15) is 5.75 Å². The molecule has 0 aromatic carbocycles. The van der Waals surface area contributed by atoms with Gasteiger partial charge in [0.25, 0.3) is 5.91 Å². The maximum absolute atomic E-state index is 11.9. The predicted molar refractivity (Wildman–Crippen MR) is 77.0 cm³/mol. The van der Waals surface area contributed by atoms with Gasteiger partial charge in [-0.05, 0) is 25.0 Å². The Morgan fingerprint density at radius 3 is 2.86 bits per heavy atom. The summed E-state index contributed by atoms with van der Waals surface area (Å²) in [6, 6.07) is 4.47. The molecule has 0 atom stereocenters. The van der Waals surface area contributed by atoms with Gasteiger partial charge in [0.05, 0.1) is 25.1 Å². The second kappa shape index (κ2) is 6.87. The maximum Gasteiger partial charge on any atom is 0.260 e. The minimum atomic E-state index is -0.00206. The van der Waals surface area contributed by atoms with Gasteiger partial charge < -0.3 is 19.7 Å². The molecule has 3 rings (SSSR count). The molecule has 2 heterocycles. The van der Waals surface area contributed by atoms with E-state index in [-0.39, 0.29) is 12.5 Å². The van der Waals surface area contributed by atoms with Crippen LogP contribution in [0.3, 0.4) is 0 Å². The number of rotatable bonds is 6. The summed E-state index contributed by atoms with van der Waals surface area (Å²) < 4.78 is 10.7. The monoisotopic (exact) mass is 291 g/mol. The minimum absolute atomic E-state index is 0.00206. The standard InChI is InChI=1S/C15H21N3O3/c19-15(18-5-7-20-8-6-18)11-21-14-4-3-13(17-10-14)9-16-12-1-2-12/h3-4,10,12,16H,1-2,5-9,11H2. The molecule has 2 aliphatic rings. The number of morpholine rings is 1. The van der Waals surface area contributed by atoms with Crippen molar-refractivity contribution in [2.24, 2.45) is 0 Å². The Morgan fingerprint density at radius 2 is 2.19 bits per heavy atom. The van der Waals surface area contributed by atoms with Gasteiger partial charge in [0.2, 0.25) is 0 Å². The Balaban J connectivity index is 1.42. The lowest BCUT2D eigenvalue weighted by Crippen LogP contribution is -2.42. The van der Waals surface area contributed by atoms with Crippen molar-refractivity contribution in [2.45, 2.75) is 25.4 Å². The smallest absolute Gasteiger partial charge is 0.260 e. The number of hydrogen-bond acceptors (Lipinski definition) is 5. The number of nitrogens with one attached hydrogen (secondary N) is 1. The van der Waals surface area contributed by atoms with E-state index in [1.54, 1.807) is 11.1 Å². The molecule has 0 bridgehead atoms. The van der Waals surface area contributed by atoms with Gasteiger partial charge >= 0.3 is 0 Å². The molecule has 2 fully saturated rings. The number of carbonyl (C=O) groups excluding carboxylic acids is 1. The Bertz CT molecular complexity index is 468. The van der Waals surface area contributed by atoms with E-state index in [1.165, 1.54) is 12.8 Å². The highest BCUT2D eigenvalue weighted by Crippen LogP contribution is 2.19. The number of carbonyl (C=O) groups is 1. The number of aromatic nitrogens is 1. The van der Waals surface area contributed by atoms with Gasteiger partial charge in [-0.1, -0.05) is 0 Å². The van der Waals surface area contributed by atoms with Gasteiger partial charge in [0, 0.05) is 25.7 Å². The first-order chi connectivity index (χ1) is 10.3. The zero-order valence-corrected chi connectivity index (χ0v) is 12.1. The first-order valence-corrected chi connectivity index (χ1v) is 7.48. The van der Waals surface area contributed by atoms with Gasteiger partial charge in [0.15, 0.2) is 6.61 Å². The van der Waals surface area contributed by atoms with Crippen molar-refractivity contribution in [3.8, 4) is 5.75 Å². The molecule has 6 heteroatoms. The van der Waals surface area contributed by atoms with Crippen LogP contribution >= 0.6 is 0 Å². The van der Waals surface area contributed by atoms with Gasteiger partial charge in [-0.2, -0.15) is 0 Å². The van der Waals surface area contributed by atoms with Crippen LogP contribution in [0.1, 0.15) is 18.5 Å². The lowest BCUT2D eigenvalue weighted by molar-refractivity contribution is -0.137. The van der Waals surface area contributed by atoms with E-state index in [2.05, 4.69) is 10.3 Å². The SMILES string of the molecule is O=C(COc1ccc(CNC2CC2)nc1)N1CCOCC1. The molecule has 0 radical (unpaired) electrons. The van der Waals surface area contributed by atoms with Crippen LogP contribution in [-0.4, -0.2) is 54.7 Å². The van der Waals surface area contributed by atoms with Crippen molar-refractivity contribution in [2.75, 3.05) is 32.9 Å². The summed E-state index contributed by atoms with van der Waals surface area (Å²) in [6.07, 6.45) is 4.21. The molecule has 1 saturated carbocycles. The van der Waals surface area contributed by atoms with Gasteiger partial charge in [-0.25, -0.2) is 0 Å². The highest BCUT2D eigenvalue weighted by molar-refractivity contribution is 5.77. The first-order valence-electron chi connectivity index (χ1n) is 7.48.